The molecule has 0 aliphatic heterocycles. The van der Waals surface area contributed by atoms with Gasteiger partial charge in [0.2, 0.25) is 0 Å². The van der Waals surface area contributed by atoms with E-state index in [4.69, 9.17) is 9.47 Å². The zero-order valence-electron chi connectivity index (χ0n) is 20.7. The number of non-ortho nitro benzene ring substituents is 1. The predicted octanol–water partition coefficient (Wildman–Crippen LogP) is 4.00. The number of carboxylic acids is 1. The van der Waals surface area contributed by atoms with Crippen LogP contribution in [0.3, 0.4) is 0 Å². The van der Waals surface area contributed by atoms with Crippen molar-refractivity contribution in [1.29, 1.82) is 0 Å². The molecule has 1 heterocycles. The van der Waals surface area contributed by atoms with Gasteiger partial charge in [0.05, 0.1) is 37.6 Å². The molecule has 1 aliphatic rings. The maximum atomic E-state index is 11.8. The van der Waals surface area contributed by atoms with Crippen LogP contribution in [0.1, 0.15) is 73.6 Å². The summed E-state index contributed by atoms with van der Waals surface area (Å²) in [4.78, 5) is 22.7. The van der Waals surface area contributed by atoms with Gasteiger partial charge in [0, 0.05) is 18.2 Å². The number of ether oxygens (including phenoxy) is 2. The molecule has 37 heavy (non-hydrogen) atoms. The normalized spacial score (nSPS) is 15.6. The second kappa shape index (κ2) is 11.8. The highest BCUT2D eigenvalue weighted by Crippen LogP contribution is 2.36. The van der Waals surface area contributed by atoms with E-state index in [-0.39, 0.29) is 18.2 Å². The summed E-state index contributed by atoms with van der Waals surface area (Å²) in [5, 5.41) is 37.1. The number of benzene rings is 2. The van der Waals surface area contributed by atoms with Crippen molar-refractivity contribution in [2.75, 3.05) is 14.2 Å². The summed E-state index contributed by atoms with van der Waals surface area (Å²) in [5.74, 6) is 0.508. The molecule has 0 amide bonds. The fourth-order valence-electron chi connectivity index (χ4n) is 4.83. The Hall–Kier alpha value is -4.06. The van der Waals surface area contributed by atoms with E-state index in [0.29, 0.717) is 22.9 Å². The zero-order chi connectivity index (χ0) is 26.4. The number of rotatable bonds is 11. The predicted molar refractivity (Wildman–Crippen MR) is 133 cm³/mol. The average Bonchev–Trinajstić information content (AvgIpc) is 3.40. The van der Waals surface area contributed by atoms with Crippen LogP contribution in [-0.2, 0) is 4.79 Å². The van der Waals surface area contributed by atoms with Crippen molar-refractivity contribution >= 4 is 11.7 Å². The van der Waals surface area contributed by atoms with Crippen LogP contribution in [0.25, 0.3) is 0 Å². The molecular weight excluding hydrogens is 480 g/mol. The molecule has 196 valence electrons. The molecule has 2 N–H and O–H groups in total. The van der Waals surface area contributed by atoms with Gasteiger partial charge in [-0.25, -0.2) is 4.68 Å². The Morgan fingerprint density at radius 1 is 1.14 bits per heavy atom. The number of hydrogen-bond donors (Lipinski definition) is 2. The Morgan fingerprint density at radius 3 is 2.57 bits per heavy atom. The van der Waals surface area contributed by atoms with Gasteiger partial charge in [-0.2, -0.15) is 0 Å². The van der Waals surface area contributed by atoms with E-state index in [0.717, 1.165) is 31.2 Å². The maximum absolute atomic E-state index is 11.8. The summed E-state index contributed by atoms with van der Waals surface area (Å²) in [6.07, 6.45) is 4.90. The van der Waals surface area contributed by atoms with Crippen LogP contribution in [0.4, 0.5) is 5.69 Å². The van der Waals surface area contributed by atoms with Crippen LogP contribution in [-0.4, -0.2) is 50.4 Å². The number of methoxy groups -OCH3 is 2. The molecule has 3 aromatic rings. The van der Waals surface area contributed by atoms with E-state index < -0.39 is 23.0 Å². The SMILES string of the molecule is COc1ccc(C(NC(CC(=O)O)c2cccc([N+](=O)[O-])c2)c2nnnn2C2CCCCC2)cc1OC. The van der Waals surface area contributed by atoms with E-state index in [1.807, 2.05) is 10.7 Å². The molecule has 0 bridgehead atoms. The second-order valence-electron chi connectivity index (χ2n) is 8.99. The molecule has 4 rings (SSSR count). The molecule has 0 spiro atoms. The molecular formula is C25H30N6O6. The number of nitrogens with one attached hydrogen (secondary N) is 1. The lowest BCUT2D eigenvalue weighted by molar-refractivity contribution is -0.384. The van der Waals surface area contributed by atoms with E-state index in [9.17, 15) is 20.0 Å². The fourth-order valence-corrected chi connectivity index (χ4v) is 4.83. The molecule has 2 aromatic carbocycles. The van der Waals surface area contributed by atoms with Gasteiger partial charge in [0.15, 0.2) is 17.3 Å². The van der Waals surface area contributed by atoms with Gasteiger partial charge in [0.25, 0.3) is 5.69 Å². The lowest BCUT2D eigenvalue weighted by Crippen LogP contribution is -2.32. The van der Waals surface area contributed by atoms with Gasteiger partial charge < -0.3 is 14.6 Å². The van der Waals surface area contributed by atoms with E-state index in [2.05, 4.69) is 20.8 Å². The molecule has 2 atom stereocenters. The van der Waals surface area contributed by atoms with E-state index in [1.165, 1.54) is 25.7 Å². The van der Waals surface area contributed by atoms with Crippen molar-refractivity contribution in [2.24, 2.45) is 0 Å². The number of nitro benzene ring substituents is 1. The van der Waals surface area contributed by atoms with Crippen LogP contribution in [0.2, 0.25) is 0 Å². The number of nitro groups is 1. The Balaban J connectivity index is 1.80. The van der Waals surface area contributed by atoms with Gasteiger partial charge in [-0.15, -0.1) is 5.10 Å². The highest BCUT2D eigenvalue weighted by Gasteiger charge is 2.30. The molecule has 1 saturated carbocycles. The molecule has 1 aromatic heterocycles. The first-order valence-corrected chi connectivity index (χ1v) is 12.1. The molecule has 0 saturated heterocycles. The van der Waals surface area contributed by atoms with Crippen LogP contribution in [0.5, 0.6) is 11.5 Å². The third-order valence-corrected chi connectivity index (χ3v) is 6.67. The third kappa shape index (κ3) is 6.02. The van der Waals surface area contributed by atoms with Crippen LogP contribution >= 0.6 is 0 Å². The van der Waals surface area contributed by atoms with Crippen LogP contribution < -0.4 is 14.8 Å². The standard InChI is InChI=1S/C25H30N6O6/c1-36-21-12-11-17(14-22(21)37-2)24(25-27-28-29-30(25)18-8-4-3-5-9-18)26-20(15-23(32)33)16-7-6-10-19(13-16)31(34)35/h6-7,10-14,18,20,24,26H,3-5,8-9,15H2,1-2H3,(H,32,33). The second-order valence-corrected chi connectivity index (χ2v) is 8.99. The Morgan fingerprint density at radius 2 is 1.89 bits per heavy atom. The zero-order valence-corrected chi connectivity index (χ0v) is 20.7. The number of aliphatic carboxylic acids is 1. The first-order valence-electron chi connectivity index (χ1n) is 12.1. The molecule has 2 unspecified atom stereocenters. The molecule has 12 heteroatoms. The smallest absolute Gasteiger partial charge is 0.305 e. The quantitative estimate of drug-likeness (QED) is 0.286. The minimum Gasteiger partial charge on any atom is -0.493 e. The van der Waals surface area contributed by atoms with Crippen molar-refractivity contribution in [2.45, 2.75) is 56.7 Å². The van der Waals surface area contributed by atoms with Crippen molar-refractivity contribution in [1.82, 2.24) is 25.5 Å². The van der Waals surface area contributed by atoms with E-state index >= 15 is 0 Å². The monoisotopic (exact) mass is 510 g/mol. The minimum absolute atomic E-state index is 0.121. The van der Waals surface area contributed by atoms with Crippen LogP contribution in [0.15, 0.2) is 42.5 Å². The lowest BCUT2D eigenvalue weighted by atomic mass is 9.94. The lowest BCUT2D eigenvalue weighted by Gasteiger charge is -2.28. The highest BCUT2D eigenvalue weighted by atomic mass is 16.6. The van der Waals surface area contributed by atoms with Gasteiger partial charge in [-0.3, -0.25) is 20.2 Å². The van der Waals surface area contributed by atoms with Crippen molar-refractivity contribution in [3.63, 3.8) is 0 Å². The average molecular weight is 511 g/mol. The molecule has 1 fully saturated rings. The first-order chi connectivity index (χ1) is 17.9. The number of tetrazole rings is 1. The highest BCUT2D eigenvalue weighted by molar-refractivity contribution is 5.68. The van der Waals surface area contributed by atoms with Crippen molar-refractivity contribution in [3.8, 4) is 11.5 Å². The number of carbonyl (C=O) groups is 1. The largest absolute Gasteiger partial charge is 0.493 e. The minimum atomic E-state index is -1.05. The van der Waals surface area contributed by atoms with Gasteiger partial charge in [0.1, 0.15) is 0 Å². The van der Waals surface area contributed by atoms with Crippen molar-refractivity contribution < 1.29 is 24.3 Å². The van der Waals surface area contributed by atoms with Crippen LogP contribution in [0, 0.1) is 10.1 Å². The van der Waals surface area contributed by atoms with Crippen molar-refractivity contribution in [3.05, 3.63) is 69.5 Å². The summed E-state index contributed by atoms with van der Waals surface area (Å²) < 4.78 is 12.7. The number of nitrogens with zero attached hydrogens (tertiary/aromatic N) is 5. The first kappa shape index (κ1) is 26.0. The van der Waals surface area contributed by atoms with E-state index in [1.54, 1.807) is 31.4 Å². The Labute approximate surface area is 213 Å². The third-order valence-electron chi connectivity index (χ3n) is 6.67. The summed E-state index contributed by atoms with van der Waals surface area (Å²) in [6.45, 7) is 0. The molecule has 0 radical (unpaired) electrons. The summed E-state index contributed by atoms with van der Waals surface area (Å²) in [5.41, 5.74) is 1.08. The molecule has 12 nitrogen and oxygen atoms in total. The maximum Gasteiger partial charge on any atom is 0.305 e. The summed E-state index contributed by atoms with van der Waals surface area (Å²) in [7, 11) is 3.08. The fraction of sp³-hybridized carbons (Fsp3) is 0.440. The Kier molecular flexibility index (Phi) is 8.29. The number of hydrogen-bond acceptors (Lipinski definition) is 9. The van der Waals surface area contributed by atoms with Gasteiger partial charge in [-0.05, 0) is 46.5 Å². The summed E-state index contributed by atoms with van der Waals surface area (Å²) in [6, 6.07) is 10.1. The molecule has 1 aliphatic carbocycles. The van der Waals surface area contributed by atoms with Gasteiger partial charge >= 0.3 is 5.97 Å². The Bertz CT molecular complexity index is 1240. The topological polar surface area (TPSA) is 155 Å². The summed E-state index contributed by atoms with van der Waals surface area (Å²) >= 11 is 0. The number of carboxylic acid groups (broad SMARTS) is 1. The van der Waals surface area contributed by atoms with Gasteiger partial charge in [-0.1, -0.05) is 37.5 Å². The number of aromatic nitrogens is 4.